The molecule has 0 saturated heterocycles. The SMILES string of the molecule is CC1Cc2cc(Cl)ccc2C(c2ccc(Cl)cc2)=N1. The molecule has 1 atom stereocenters. The number of hydrogen-bond donors (Lipinski definition) is 0. The number of halogens is 2. The van der Waals surface area contributed by atoms with Crippen molar-refractivity contribution in [3.63, 3.8) is 0 Å². The summed E-state index contributed by atoms with van der Waals surface area (Å²) in [7, 11) is 0. The third-order valence-corrected chi connectivity index (χ3v) is 3.79. The Morgan fingerprint density at radius 3 is 2.42 bits per heavy atom. The van der Waals surface area contributed by atoms with E-state index in [9.17, 15) is 0 Å². The van der Waals surface area contributed by atoms with E-state index in [1.807, 2.05) is 36.4 Å². The van der Waals surface area contributed by atoms with E-state index < -0.39 is 0 Å². The van der Waals surface area contributed by atoms with Gasteiger partial charge in [0.15, 0.2) is 0 Å². The van der Waals surface area contributed by atoms with Gasteiger partial charge in [0.05, 0.1) is 11.8 Å². The maximum atomic E-state index is 6.08. The smallest absolute Gasteiger partial charge is 0.0725 e. The molecule has 1 aliphatic heterocycles. The number of benzene rings is 2. The highest BCUT2D eigenvalue weighted by Gasteiger charge is 2.19. The van der Waals surface area contributed by atoms with Crippen LogP contribution >= 0.6 is 23.2 Å². The summed E-state index contributed by atoms with van der Waals surface area (Å²) in [5.41, 5.74) is 4.56. The highest BCUT2D eigenvalue weighted by Crippen LogP contribution is 2.26. The summed E-state index contributed by atoms with van der Waals surface area (Å²) in [5.74, 6) is 0. The molecule has 1 aliphatic rings. The Hall–Kier alpha value is -1.31. The molecule has 0 bridgehead atoms. The Labute approximate surface area is 122 Å². The summed E-state index contributed by atoms with van der Waals surface area (Å²) < 4.78 is 0. The lowest BCUT2D eigenvalue weighted by Crippen LogP contribution is -2.19. The molecule has 2 aromatic carbocycles. The predicted octanol–water partition coefficient (Wildman–Crippen LogP) is 4.78. The van der Waals surface area contributed by atoms with Crippen molar-refractivity contribution in [1.82, 2.24) is 0 Å². The molecule has 3 heteroatoms. The molecule has 1 nitrogen and oxygen atoms in total. The first-order valence-corrected chi connectivity index (χ1v) is 7.01. The van der Waals surface area contributed by atoms with Gasteiger partial charge in [0.25, 0.3) is 0 Å². The molecular formula is C16H13Cl2N. The molecule has 0 N–H and O–H groups in total. The number of hydrogen-bond acceptors (Lipinski definition) is 1. The first kappa shape index (κ1) is 12.7. The van der Waals surface area contributed by atoms with Gasteiger partial charge in [-0.15, -0.1) is 0 Å². The summed E-state index contributed by atoms with van der Waals surface area (Å²) in [5, 5.41) is 1.52. The maximum absolute atomic E-state index is 6.08. The van der Waals surface area contributed by atoms with Gasteiger partial charge < -0.3 is 0 Å². The fourth-order valence-electron chi connectivity index (χ4n) is 2.45. The number of rotatable bonds is 1. The number of aliphatic imine (C=N–C) groups is 1. The first-order chi connectivity index (χ1) is 9.13. The second-order valence-electron chi connectivity index (χ2n) is 4.84. The fraction of sp³-hybridized carbons (Fsp3) is 0.188. The Morgan fingerprint density at radius 2 is 1.68 bits per heavy atom. The van der Waals surface area contributed by atoms with Gasteiger partial charge in [-0.1, -0.05) is 41.4 Å². The lowest BCUT2D eigenvalue weighted by molar-refractivity contribution is 0.728. The average Bonchev–Trinajstić information content (AvgIpc) is 2.38. The second-order valence-corrected chi connectivity index (χ2v) is 5.71. The summed E-state index contributed by atoms with van der Waals surface area (Å²) in [4.78, 5) is 4.78. The van der Waals surface area contributed by atoms with E-state index in [0.29, 0.717) is 0 Å². The molecule has 0 radical (unpaired) electrons. The molecule has 0 aliphatic carbocycles. The Morgan fingerprint density at radius 1 is 1.00 bits per heavy atom. The molecule has 0 spiro atoms. The zero-order chi connectivity index (χ0) is 13.4. The predicted molar refractivity (Wildman–Crippen MR) is 81.7 cm³/mol. The zero-order valence-electron chi connectivity index (χ0n) is 10.5. The van der Waals surface area contributed by atoms with Gasteiger partial charge in [0, 0.05) is 21.2 Å². The van der Waals surface area contributed by atoms with Crippen LogP contribution in [0.25, 0.3) is 0 Å². The molecule has 0 saturated carbocycles. The third-order valence-electron chi connectivity index (χ3n) is 3.30. The van der Waals surface area contributed by atoms with E-state index in [1.165, 1.54) is 11.1 Å². The highest BCUT2D eigenvalue weighted by atomic mass is 35.5. The van der Waals surface area contributed by atoms with E-state index in [2.05, 4.69) is 13.0 Å². The van der Waals surface area contributed by atoms with E-state index in [4.69, 9.17) is 28.2 Å². The molecule has 1 unspecified atom stereocenters. The second kappa shape index (κ2) is 4.99. The monoisotopic (exact) mass is 289 g/mol. The van der Waals surface area contributed by atoms with Crippen LogP contribution in [-0.2, 0) is 6.42 Å². The average molecular weight is 290 g/mol. The van der Waals surface area contributed by atoms with E-state index in [1.54, 1.807) is 0 Å². The van der Waals surface area contributed by atoms with Gasteiger partial charge in [-0.2, -0.15) is 0 Å². The Balaban J connectivity index is 2.13. The van der Waals surface area contributed by atoms with E-state index in [0.717, 1.165) is 27.7 Å². The lowest BCUT2D eigenvalue weighted by Gasteiger charge is -2.21. The normalized spacial score (nSPS) is 17.8. The maximum Gasteiger partial charge on any atom is 0.0725 e. The van der Waals surface area contributed by atoms with E-state index >= 15 is 0 Å². The lowest BCUT2D eigenvalue weighted by atomic mass is 9.91. The topological polar surface area (TPSA) is 12.4 Å². The quantitative estimate of drug-likeness (QED) is 0.717. The third kappa shape index (κ3) is 2.54. The van der Waals surface area contributed by atoms with Gasteiger partial charge in [0.2, 0.25) is 0 Å². The van der Waals surface area contributed by atoms with Crippen LogP contribution in [0.3, 0.4) is 0 Å². The summed E-state index contributed by atoms with van der Waals surface area (Å²) in [6.07, 6.45) is 0.937. The number of nitrogens with zero attached hydrogens (tertiary/aromatic N) is 1. The summed E-state index contributed by atoms with van der Waals surface area (Å²) in [6, 6.07) is 14.1. The highest BCUT2D eigenvalue weighted by molar-refractivity contribution is 6.31. The minimum atomic E-state index is 0.275. The molecule has 3 rings (SSSR count). The van der Waals surface area contributed by atoms with Crippen LogP contribution in [0.4, 0.5) is 0 Å². The van der Waals surface area contributed by atoms with Crippen LogP contribution < -0.4 is 0 Å². The first-order valence-electron chi connectivity index (χ1n) is 6.26. The van der Waals surface area contributed by atoms with Gasteiger partial charge in [0.1, 0.15) is 0 Å². The van der Waals surface area contributed by atoms with Gasteiger partial charge >= 0.3 is 0 Å². The molecule has 0 aromatic heterocycles. The van der Waals surface area contributed by atoms with Crippen molar-refractivity contribution < 1.29 is 0 Å². The van der Waals surface area contributed by atoms with Crippen LogP contribution in [0.15, 0.2) is 47.5 Å². The molecule has 0 amide bonds. The van der Waals surface area contributed by atoms with Crippen molar-refractivity contribution in [2.75, 3.05) is 0 Å². The molecular weight excluding hydrogens is 277 g/mol. The summed E-state index contributed by atoms with van der Waals surface area (Å²) in [6.45, 7) is 2.12. The molecule has 19 heavy (non-hydrogen) atoms. The minimum Gasteiger partial charge on any atom is -0.281 e. The van der Waals surface area contributed by atoms with Crippen molar-refractivity contribution in [3.05, 3.63) is 69.2 Å². The van der Waals surface area contributed by atoms with Gasteiger partial charge in [-0.3, -0.25) is 4.99 Å². The van der Waals surface area contributed by atoms with Crippen molar-refractivity contribution in [2.45, 2.75) is 19.4 Å². The molecule has 1 heterocycles. The molecule has 96 valence electrons. The van der Waals surface area contributed by atoms with Crippen LogP contribution in [0.1, 0.15) is 23.6 Å². The minimum absolute atomic E-state index is 0.275. The van der Waals surface area contributed by atoms with Gasteiger partial charge in [-0.05, 0) is 43.2 Å². The number of fused-ring (bicyclic) bond motifs is 1. The molecule has 2 aromatic rings. The Kier molecular flexibility index (Phi) is 3.34. The zero-order valence-corrected chi connectivity index (χ0v) is 12.0. The molecule has 0 fully saturated rings. The van der Waals surface area contributed by atoms with Crippen molar-refractivity contribution in [3.8, 4) is 0 Å². The van der Waals surface area contributed by atoms with Crippen molar-refractivity contribution in [1.29, 1.82) is 0 Å². The van der Waals surface area contributed by atoms with Crippen LogP contribution in [0.2, 0.25) is 10.0 Å². The Bertz CT molecular complexity index is 644. The summed E-state index contributed by atoms with van der Waals surface area (Å²) >= 11 is 12.0. The van der Waals surface area contributed by atoms with Crippen molar-refractivity contribution >= 4 is 28.9 Å². The standard InChI is InChI=1S/C16H13Cl2N/c1-10-8-12-9-14(18)6-7-15(12)16(19-10)11-2-4-13(17)5-3-11/h2-7,9-10H,8H2,1H3. The van der Waals surface area contributed by atoms with Crippen molar-refractivity contribution in [2.24, 2.45) is 4.99 Å². The fourth-order valence-corrected chi connectivity index (χ4v) is 2.77. The van der Waals surface area contributed by atoms with Crippen LogP contribution in [0.5, 0.6) is 0 Å². The van der Waals surface area contributed by atoms with Crippen LogP contribution in [0, 0.1) is 0 Å². The van der Waals surface area contributed by atoms with Crippen LogP contribution in [-0.4, -0.2) is 11.8 Å². The largest absolute Gasteiger partial charge is 0.281 e. The van der Waals surface area contributed by atoms with Gasteiger partial charge in [-0.25, -0.2) is 0 Å². The van der Waals surface area contributed by atoms with E-state index in [-0.39, 0.29) is 6.04 Å².